The summed E-state index contributed by atoms with van der Waals surface area (Å²) in [7, 11) is 0. The molecule has 108 valence electrons. The molecule has 0 heterocycles. The van der Waals surface area contributed by atoms with E-state index in [9.17, 15) is 9.59 Å². The van der Waals surface area contributed by atoms with E-state index in [1.165, 1.54) is 0 Å². The molecule has 0 aromatic heterocycles. The van der Waals surface area contributed by atoms with Crippen molar-refractivity contribution in [1.82, 2.24) is 5.32 Å². The van der Waals surface area contributed by atoms with Crippen molar-refractivity contribution >= 4 is 27.8 Å². The summed E-state index contributed by atoms with van der Waals surface area (Å²) in [6, 6.07) is 7.32. The number of carbonyl (C=O) groups excluding carboxylic acids is 1. The molecule has 2 rings (SSSR count). The van der Waals surface area contributed by atoms with Gasteiger partial charge in [-0.2, -0.15) is 0 Å². The van der Waals surface area contributed by atoms with Crippen molar-refractivity contribution in [2.24, 2.45) is 11.8 Å². The maximum Gasteiger partial charge on any atom is 0.306 e. The lowest BCUT2D eigenvalue weighted by molar-refractivity contribution is -0.143. The molecule has 0 aliphatic heterocycles. The van der Waals surface area contributed by atoms with Crippen LogP contribution in [0.5, 0.6) is 0 Å². The quantitative estimate of drug-likeness (QED) is 0.885. The third kappa shape index (κ3) is 3.82. The van der Waals surface area contributed by atoms with E-state index < -0.39 is 5.97 Å². The Labute approximate surface area is 126 Å². The van der Waals surface area contributed by atoms with Crippen LogP contribution in [0.1, 0.15) is 36.0 Å². The van der Waals surface area contributed by atoms with Crippen molar-refractivity contribution in [1.29, 1.82) is 0 Å². The van der Waals surface area contributed by atoms with Gasteiger partial charge in [0.05, 0.1) is 11.5 Å². The normalized spacial score (nSPS) is 22.2. The van der Waals surface area contributed by atoms with Crippen LogP contribution in [0.2, 0.25) is 0 Å². The summed E-state index contributed by atoms with van der Waals surface area (Å²) in [5.74, 6) is -0.596. The van der Waals surface area contributed by atoms with Gasteiger partial charge in [-0.05, 0) is 59.7 Å². The van der Waals surface area contributed by atoms with Gasteiger partial charge in [-0.3, -0.25) is 9.59 Å². The van der Waals surface area contributed by atoms with Gasteiger partial charge in [0.2, 0.25) is 0 Å². The average molecular weight is 340 g/mol. The van der Waals surface area contributed by atoms with Gasteiger partial charge in [0, 0.05) is 11.0 Å². The summed E-state index contributed by atoms with van der Waals surface area (Å²) >= 11 is 3.36. The standard InChI is InChI=1S/C15H18BrNO3/c16-13-4-2-1-3-12(13)14(18)17-9-10-5-7-11(8-6-10)15(19)20/h1-4,10-11H,5-9H2,(H,17,18)(H,19,20). The van der Waals surface area contributed by atoms with Crippen LogP contribution in [0.4, 0.5) is 0 Å². The Bertz CT molecular complexity index is 496. The smallest absolute Gasteiger partial charge is 0.306 e. The van der Waals surface area contributed by atoms with Crippen LogP contribution in [0.15, 0.2) is 28.7 Å². The van der Waals surface area contributed by atoms with Gasteiger partial charge >= 0.3 is 5.97 Å². The number of rotatable bonds is 4. The Morgan fingerprint density at radius 2 is 1.85 bits per heavy atom. The fourth-order valence-corrected chi connectivity index (χ4v) is 3.06. The van der Waals surface area contributed by atoms with E-state index in [4.69, 9.17) is 5.11 Å². The zero-order valence-corrected chi connectivity index (χ0v) is 12.7. The van der Waals surface area contributed by atoms with E-state index in [1.807, 2.05) is 18.2 Å². The predicted molar refractivity (Wildman–Crippen MR) is 79.6 cm³/mol. The largest absolute Gasteiger partial charge is 0.481 e. The molecule has 5 heteroatoms. The van der Waals surface area contributed by atoms with Crippen molar-refractivity contribution in [3.05, 3.63) is 34.3 Å². The third-order valence-electron chi connectivity index (χ3n) is 3.87. The number of halogens is 1. The molecule has 1 amide bonds. The Kier molecular flexibility index (Phi) is 5.17. The number of amides is 1. The van der Waals surface area contributed by atoms with E-state index in [0.717, 1.165) is 17.3 Å². The predicted octanol–water partition coefficient (Wildman–Crippen LogP) is 3.07. The van der Waals surface area contributed by atoms with Gasteiger partial charge in [-0.25, -0.2) is 0 Å². The molecule has 0 bridgehead atoms. The molecule has 1 aliphatic rings. The van der Waals surface area contributed by atoms with Crippen LogP contribution in [0, 0.1) is 11.8 Å². The zero-order valence-electron chi connectivity index (χ0n) is 11.1. The molecule has 1 aliphatic carbocycles. The summed E-state index contributed by atoms with van der Waals surface area (Å²) in [5.41, 5.74) is 0.631. The molecule has 1 fully saturated rings. The number of benzene rings is 1. The van der Waals surface area contributed by atoms with Gasteiger partial charge in [0.1, 0.15) is 0 Å². The molecule has 20 heavy (non-hydrogen) atoms. The first kappa shape index (κ1) is 15.0. The van der Waals surface area contributed by atoms with Gasteiger partial charge in [0.25, 0.3) is 5.91 Å². The topological polar surface area (TPSA) is 66.4 Å². The van der Waals surface area contributed by atoms with Crippen molar-refractivity contribution in [2.75, 3.05) is 6.54 Å². The lowest BCUT2D eigenvalue weighted by Gasteiger charge is -2.26. The summed E-state index contributed by atoms with van der Waals surface area (Å²) in [4.78, 5) is 22.9. The molecule has 0 spiro atoms. The third-order valence-corrected chi connectivity index (χ3v) is 4.56. The Morgan fingerprint density at radius 3 is 2.45 bits per heavy atom. The van der Waals surface area contributed by atoms with Crippen molar-refractivity contribution < 1.29 is 14.7 Å². The highest BCUT2D eigenvalue weighted by atomic mass is 79.9. The molecule has 0 saturated heterocycles. The SMILES string of the molecule is O=C(NCC1CCC(C(=O)O)CC1)c1ccccc1Br. The zero-order chi connectivity index (χ0) is 14.5. The first-order chi connectivity index (χ1) is 9.58. The minimum absolute atomic E-state index is 0.0853. The molecule has 1 saturated carbocycles. The first-order valence-corrected chi connectivity index (χ1v) is 7.62. The molecule has 0 atom stereocenters. The number of hydrogen-bond donors (Lipinski definition) is 2. The fraction of sp³-hybridized carbons (Fsp3) is 0.467. The molecular formula is C15H18BrNO3. The van der Waals surface area contributed by atoms with E-state index in [0.29, 0.717) is 30.9 Å². The Balaban J connectivity index is 1.80. The van der Waals surface area contributed by atoms with Crippen LogP contribution < -0.4 is 5.32 Å². The van der Waals surface area contributed by atoms with Gasteiger partial charge in [0.15, 0.2) is 0 Å². The number of nitrogens with one attached hydrogen (secondary N) is 1. The minimum atomic E-state index is -0.694. The van der Waals surface area contributed by atoms with Gasteiger partial charge in [-0.1, -0.05) is 12.1 Å². The van der Waals surface area contributed by atoms with Crippen LogP contribution in [-0.4, -0.2) is 23.5 Å². The summed E-state index contributed by atoms with van der Waals surface area (Å²) in [6.07, 6.45) is 3.16. The summed E-state index contributed by atoms with van der Waals surface area (Å²) < 4.78 is 0.784. The molecule has 0 radical (unpaired) electrons. The molecule has 0 unspecified atom stereocenters. The van der Waals surface area contributed by atoms with Crippen LogP contribution in [0.25, 0.3) is 0 Å². The van der Waals surface area contributed by atoms with E-state index in [2.05, 4.69) is 21.2 Å². The maximum absolute atomic E-state index is 12.0. The Morgan fingerprint density at radius 1 is 1.20 bits per heavy atom. The van der Waals surface area contributed by atoms with E-state index in [1.54, 1.807) is 6.07 Å². The average Bonchev–Trinajstić information content (AvgIpc) is 2.45. The molecular weight excluding hydrogens is 322 g/mol. The van der Waals surface area contributed by atoms with Crippen LogP contribution in [-0.2, 0) is 4.79 Å². The highest BCUT2D eigenvalue weighted by molar-refractivity contribution is 9.10. The first-order valence-electron chi connectivity index (χ1n) is 6.83. The second-order valence-electron chi connectivity index (χ2n) is 5.25. The molecule has 4 nitrogen and oxygen atoms in total. The van der Waals surface area contributed by atoms with Crippen LogP contribution in [0.3, 0.4) is 0 Å². The number of aliphatic carboxylic acids is 1. The lowest BCUT2D eigenvalue weighted by atomic mass is 9.82. The number of carboxylic acid groups (broad SMARTS) is 1. The second kappa shape index (κ2) is 6.88. The minimum Gasteiger partial charge on any atom is -0.481 e. The van der Waals surface area contributed by atoms with Crippen molar-refractivity contribution in [3.8, 4) is 0 Å². The maximum atomic E-state index is 12.0. The lowest BCUT2D eigenvalue weighted by Crippen LogP contribution is -2.32. The van der Waals surface area contributed by atoms with Crippen molar-refractivity contribution in [2.45, 2.75) is 25.7 Å². The molecule has 1 aromatic carbocycles. The van der Waals surface area contributed by atoms with E-state index >= 15 is 0 Å². The number of carboxylic acids is 1. The Hall–Kier alpha value is -1.36. The van der Waals surface area contributed by atoms with Crippen LogP contribution >= 0.6 is 15.9 Å². The molecule has 1 aromatic rings. The summed E-state index contributed by atoms with van der Waals surface area (Å²) in [6.45, 7) is 0.618. The second-order valence-corrected chi connectivity index (χ2v) is 6.10. The number of carbonyl (C=O) groups is 2. The van der Waals surface area contributed by atoms with Gasteiger partial charge < -0.3 is 10.4 Å². The highest BCUT2D eigenvalue weighted by Gasteiger charge is 2.26. The summed E-state index contributed by atoms with van der Waals surface area (Å²) in [5, 5.41) is 11.9. The van der Waals surface area contributed by atoms with Gasteiger partial charge in [-0.15, -0.1) is 0 Å². The van der Waals surface area contributed by atoms with E-state index in [-0.39, 0.29) is 11.8 Å². The number of hydrogen-bond acceptors (Lipinski definition) is 2. The fourth-order valence-electron chi connectivity index (χ4n) is 2.59. The molecule has 2 N–H and O–H groups in total. The van der Waals surface area contributed by atoms with Crippen molar-refractivity contribution in [3.63, 3.8) is 0 Å². The highest BCUT2D eigenvalue weighted by Crippen LogP contribution is 2.28. The monoisotopic (exact) mass is 339 g/mol.